The van der Waals surface area contributed by atoms with Crippen molar-refractivity contribution in [2.75, 3.05) is 6.54 Å². The van der Waals surface area contributed by atoms with Crippen molar-refractivity contribution in [2.45, 2.75) is 39.7 Å². The van der Waals surface area contributed by atoms with Gasteiger partial charge >= 0.3 is 0 Å². The summed E-state index contributed by atoms with van der Waals surface area (Å²) in [7, 11) is 0. The van der Waals surface area contributed by atoms with Crippen molar-refractivity contribution in [1.82, 2.24) is 10.3 Å². The lowest BCUT2D eigenvalue weighted by Gasteiger charge is -2.23. The highest BCUT2D eigenvalue weighted by Crippen LogP contribution is 2.28. The van der Waals surface area contributed by atoms with E-state index in [1.165, 1.54) is 29.2 Å². The number of hydrogen-bond acceptors (Lipinski definition) is 2. The summed E-state index contributed by atoms with van der Waals surface area (Å²) in [6.45, 7) is 7.76. The van der Waals surface area contributed by atoms with E-state index in [4.69, 9.17) is 0 Å². The van der Waals surface area contributed by atoms with Crippen molar-refractivity contribution in [2.24, 2.45) is 5.92 Å². The third-order valence-electron chi connectivity index (χ3n) is 3.88. The fourth-order valence-corrected chi connectivity index (χ4v) is 2.58. The summed E-state index contributed by atoms with van der Waals surface area (Å²) in [4.78, 5) is 4.29. The molecule has 2 nitrogen and oxygen atoms in total. The highest BCUT2D eigenvalue weighted by atomic mass is 14.9. The fraction of sp³-hybridized carbons (Fsp3) is 0.471. The standard InChI is InChI=1S/C17H24N2/c1-4-13(3)11-17(19-5-2)15-8-6-7-14-9-10-18-12-16(14)15/h6-10,12-13,17,19H,4-5,11H2,1-3H3. The number of hydrogen-bond donors (Lipinski definition) is 1. The normalized spacial score (nSPS) is 14.5. The molecule has 19 heavy (non-hydrogen) atoms. The molecule has 0 bridgehead atoms. The summed E-state index contributed by atoms with van der Waals surface area (Å²) in [6.07, 6.45) is 6.26. The van der Waals surface area contributed by atoms with Crippen molar-refractivity contribution in [3.05, 3.63) is 42.2 Å². The van der Waals surface area contributed by atoms with Crippen LogP contribution in [0.5, 0.6) is 0 Å². The molecule has 1 aromatic heterocycles. The molecule has 0 fully saturated rings. The maximum absolute atomic E-state index is 4.29. The zero-order chi connectivity index (χ0) is 13.7. The van der Waals surface area contributed by atoms with Gasteiger partial charge in [-0.3, -0.25) is 4.98 Å². The maximum atomic E-state index is 4.29. The van der Waals surface area contributed by atoms with Gasteiger partial charge in [0.25, 0.3) is 0 Å². The molecular weight excluding hydrogens is 232 g/mol. The van der Waals surface area contributed by atoms with Crippen LogP contribution in [0.4, 0.5) is 0 Å². The topological polar surface area (TPSA) is 24.9 Å². The summed E-state index contributed by atoms with van der Waals surface area (Å²) in [5.41, 5.74) is 1.38. The zero-order valence-corrected chi connectivity index (χ0v) is 12.2. The molecule has 0 saturated heterocycles. The monoisotopic (exact) mass is 256 g/mol. The first-order valence-corrected chi connectivity index (χ1v) is 7.32. The van der Waals surface area contributed by atoms with Crippen LogP contribution in [0.1, 0.15) is 45.2 Å². The first-order valence-electron chi connectivity index (χ1n) is 7.32. The Morgan fingerprint density at radius 1 is 1.21 bits per heavy atom. The molecule has 2 atom stereocenters. The zero-order valence-electron chi connectivity index (χ0n) is 12.2. The average molecular weight is 256 g/mol. The van der Waals surface area contributed by atoms with Crippen molar-refractivity contribution < 1.29 is 0 Å². The van der Waals surface area contributed by atoms with Crippen LogP contribution in [0.3, 0.4) is 0 Å². The summed E-state index contributed by atoms with van der Waals surface area (Å²) >= 11 is 0. The smallest absolute Gasteiger partial charge is 0.0349 e. The van der Waals surface area contributed by atoms with E-state index in [1.54, 1.807) is 0 Å². The molecule has 0 amide bonds. The summed E-state index contributed by atoms with van der Waals surface area (Å²) in [6, 6.07) is 9.06. The quantitative estimate of drug-likeness (QED) is 0.832. The van der Waals surface area contributed by atoms with E-state index in [9.17, 15) is 0 Å². The fourth-order valence-electron chi connectivity index (χ4n) is 2.58. The molecule has 0 radical (unpaired) electrons. The van der Waals surface area contributed by atoms with Gasteiger partial charge in [-0.1, -0.05) is 45.4 Å². The second-order valence-electron chi connectivity index (χ2n) is 5.30. The number of nitrogens with zero attached hydrogens (tertiary/aromatic N) is 1. The maximum Gasteiger partial charge on any atom is 0.0349 e. The van der Waals surface area contributed by atoms with Crippen LogP contribution in [0.25, 0.3) is 10.8 Å². The first kappa shape index (κ1) is 14.0. The second-order valence-corrected chi connectivity index (χ2v) is 5.30. The van der Waals surface area contributed by atoms with Gasteiger partial charge in [0, 0.05) is 23.8 Å². The number of aromatic nitrogens is 1. The van der Waals surface area contributed by atoms with Gasteiger partial charge in [-0.15, -0.1) is 0 Å². The van der Waals surface area contributed by atoms with Gasteiger partial charge in [-0.05, 0) is 35.9 Å². The number of fused-ring (bicyclic) bond motifs is 1. The Labute approximate surface area is 116 Å². The van der Waals surface area contributed by atoms with Gasteiger partial charge in [0.2, 0.25) is 0 Å². The predicted octanol–water partition coefficient (Wildman–Crippen LogP) is 4.32. The third kappa shape index (κ3) is 3.32. The van der Waals surface area contributed by atoms with E-state index < -0.39 is 0 Å². The summed E-state index contributed by atoms with van der Waals surface area (Å²) in [5.74, 6) is 0.732. The highest BCUT2D eigenvalue weighted by molar-refractivity contribution is 5.85. The molecule has 2 aromatic rings. The molecule has 2 rings (SSSR count). The Bertz CT molecular complexity index is 516. The van der Waals surface area contributed by atoms with E-state index in [1.807, 2.05) is 12.4 Å². The van der Waals surface area contributed by atoms with Crippen LogP contribution in [-0.4, -0.2) is 11.5 Å². The Kier molecular flexibility index (Phi) is 4.92. The van der Waals surface area contributed by atoms with E-state index >= 15 is 0 Å². The molecule has 1 heterocycles. The molecule has 0 aliphatic carbocycles. The van der Waals surface area contributed by atoms with Crippen LogP contribution in [0, 0.1) is 5.92 Å². The lowest BCUT2D eigenvalue weighted by Crippen LogP contribution is -2.23. The van der Waals surface area contributed by atoms with Gasteiger partial charge in [-0.2, -0.15) is 0 Å². The van der Waals surface area contributed by atoms with E-state index in [0.717, 1.165) is 12.5 Å². The van der Waals surface area contributed by atoms with Gasteiger partial charge < -0.3 is 5.32 Å². The van der Waals surface area contributed by atoms with Crippen molar-refractivity contribution in [3.63, 3.8) is 0 Å². The number of rotatable bonds is 6. The van der Waals surface area contributed by atoms with Crippen LogP contribution in [0.15, 0.2) is 36.7 Å². The third-order valence-corrected chi connectivity index (χ3v) is 3.88. The Balaban J connectivity index is 2.38. The van der Waals surface area contributed by atoms with Crippen molar-refractivity contribution in [1.29, 1.82) is 0 Å². The predicted molar refractivity (Wildman–Crippen MR) is 82.2 cm³/mol. The van der Waals surface area contributed by atoms with E-state index in [-0.39, 0.29) is 0 Å². The Morgan fingerprint density at radius 2 is 2.05 bits per heavy atom. The molecular formula is C17H24N2. The summed E-state index contributed by atoms with van der Waals surface area (Å²) < 4.78 is 0. The minimum absolute atomic E-state index is 0.424. The Hall–Kier alpha value is -1.41. The second kappa shape index (κ2) is 6.67. The first-order chi connectivity index (χ1) is 9.26. The molecule has 2 unspecified atom stereocenters. The minimum Gasteiger partial charge on any atom is -0.310 e. The SMILES string of the molecule is CCNC(CC(C)CC)c1cccc2ccncc12. The lowest BCUT2D eigenvalue weighted by atomic mass is 9.91. The molecule has 1 aromatic carbocycles. The summed E-state index contributed by atoms with van der Waals surface area (Å²) in [5, 5.41) is 6.18. The van der Waals surface area contributed by atoms with Gasteiger partial charge in [0.15, 0.2) is 0 Å². The van der Waals surface area contributed by atoms with Gasteiger partial charge in [-0.25, -0.2) is 0 Å². The van der Waals surface area contributed by atoms with Gasteiger partial charge in [0.05, 0.1) is 0 Å². The van der Waals surface area contributed by atoms with E-state index in [0.29, 0.717) is 6.04 Å². The van der Waals surface area contributed by atoms with Gasteiger partial charge in [0.1, 0.15) is 0 Å². The average Bonchev–Trinajstić information content (AvgIpc) is 2.46. The van der Waals surface area contributed by atoms with Crippen molar-refractivity contribution in [3.8, 4) is 0 Å². The van der Waals surface area contributed by atoms with Crippen LogP contribution < -0.4 is 5.32 Å². The molecule has 1 N–H and O–H groups in total. The lowest BCUT2D eigenvalue weighted by molar-refractivity contribution is 0.410. The van der Waals surface area contributed by atoms with Crippen LogP contribution >= 0.6 is 0 Å². The van der Waals surface area contributed by atoms with Crippen LogP contribution in [-0.2, 0) is 0 Å². The van der Waals surface area contributed by atoms with Crippen molar-refractivity contribution >= 4 is 10.8 Å². The minimum atomic E-state index is 0.424. The molecule has 102 valence electrons. The number of pyridine rings is 1. The Morgan fingerprint density at radius 3 is 2.79 bits per heavy atom. The highest BCUT2D eigenvalue weighted by Gasteiger charge is 2.15. The molecule has 0 aliphatic heterocycles. The largest absolute Gasteiger partial charge is 0.310 e. The van der Waals surface area contributed by atoms with Crippen LogP contribution in [0.2, 0.25) is 0 Å². The molecule has 0 saturated carbocycles. The molecule has 0 aliphatic rings. The molecule has 2 heteroatoms. The van der Waals surface area contributed by atoms with E-state index in [2.05, 4.69) is 55.3 Å². The number of nitrogens with one attached hydrogen (secondary N) is 1. The molecule has 0 spiro atoms. The number of benzene rings is 1.